The molecule has 0 saturated carbocycles. The fourth-order valence-electron chi connectivity index (χ4n) is 1.01. The van der Waals surface area contributed by atoms with Gasteiger partial charge in [-0.05, 0) is 31.2 Å². The summed E-state index contributed by atoms with van der Waals surface area (Å²) in [7, 11) is 1.66. The maximum absolute atomic E-state index is 5.05. The molecule has 1 aromatic carbocycles. The molecule has 2 nitrogen and oxygen atoms in total. The molecule has 0 radical (unpaired) electrons. The first-order valence-electron chi connectivity index (χ1n) is 4.29. The van der Waals surface area contributed by atoms with E-state index in [0.29, 0.717) is 0 Å². The fourth-order valence-corrected chi connectivity index (χ4v) is 1.01. The zero-order valence-corrected chi connectivity index (χ0v) is 8.08. The Balaban J connectivity index is 2.63. The van der Waals surface area contributed by atoms with Crippen LogP contribution in [0.25, 0.3) is 0 Å². The molecule has 0 aliphatic carbocycles. The molecule has 0 amide bonds. The number of hydrogen-bond acceptors (Lipinski definition) is 2. The number of benzene rings is 1. The first-order valence-corrected chi connectivity index (χ1v) is 4.29. The third-order valence-electron chi connectivity index (χ3n) is 1.84. The summed E-state index contributed by atoms with van der Waals surface area (Å²) in [5.74, 6) is 0.872. The summed E-state index contributed by atoms with van der Waals surface area (Å²) in [5, 5.41) is 3.27. The lowest BCUT2D eigenvalue weighted by Gasteiger charge is -2.10. The molecule has 0 spiro atoms. The normalized spacial score (nSPS) is 11.8. The maximum Gasteiger partial charge on any atom is 0.119 e. The fraction of sp³-hybridized carbons (Fsp3) is 0.273. The van der Waals surface area contributed by atoms with Gasteiger partial charge < -0.3 is 10.1 Å². The van der Waals surface area contributed by atoms with Gasteiger partial charge in [-0.25, -0.2) is 0 Å². The van der Waals surface area contributed by atoms with E-state index in [9.17, 15) is 0 Å². The van der Waals surface area contributed by atoms with Crippen molar-refractivity contribution in [3.05, 3.63) is 36.9 Å². The first kappa shape index (κ1) is 9.65. The van der Waals surface area contributed by atoms with Crippen molar-refractivity contribution in [2.24, 2.45) is 0 Å². The minimum Gasteiger partial charge on any atom is -0.497 e. The SMILES string of the molecule is C=C[C@@H](C)Nc1ccc(OC)cc1. The van der Waals surface area contributed by atoms with Crippen molar-refractivity contribution < 1.29 is 4.74 Å². The molecule has 2 heteroatoms. The highest BCUT2D eigenvalue weighted by molar-refractivity contribution is 5.47. The van der Waals surface area contributed by atoms with Crippen molar-refractivity contribution in [2.45, 2.75) is 13.0 Å². The van der Waals surface area contributed by atoms with Gasteiger partial charge in [0.2, 0.25) is 0 Å². The Morgan fingerprint density at radius 3 is 2.46 bits per heavy atom. The van der Waals surface area contributed by atoms with Crippen molar-refractivity contribution in [3.8, 4) is 5.75 Å². The Morgan fingerprint density at radius 2 is 2.00 bits per heavy atom. The Kier molecular flexibility index (Phi) is 3.38. The number of hydrogen-bond donors (Lipinski definition) is 1. The Hall–Kier alpha value is -1.44. The molecule has 1 aromatic rings. The lowest BCUT2D eigenvalue weighted by Crippen LogP contribution is -2.10. The van der Waals surface area contributed by atoms with Gasteiger partial charge in [0.15, 0.2) is 0 Å². The molecule has 0 aliphatic heterocycles. The van der Waals surface area contributed by atoms with Gasteiger partial charge in [0, 0.05) is 11.7 Å². The van der Waals surface area contributed by atoms with E-state index in [4.69, 9.17) is 4.74 Å². The molecule has 0 aliphatic rings. The molecule has 70 valence electrons. The Labute approximate surface area is 79.2 Å². The highest BCUT2D eigenvalue weighted by Crippen LogP contribution is 2.15. The Morgan fingerprint density at radius 1 is 1.38 bits per heavy atom. The minimum absolute atomic E-state index is 0.286. The molecule has 1 atom stereocenters. The second-order valence-corrected chi connectivity index (χ2v) is 2.90. The number of ether oxygens (including phenoxy) is 1. The summed E-state index contributed by atoms with van der Waals surface area (Å²) in [6.45, 7) is 5.76. The lowest BCUT2D eigenvalue weighted by molar-refractivity contribution is 0.415. The number of anilines is 1. The second-order valence-electron chi connectivity index (χ2n) is 2.90. The maximum atomic E-state index is 5.05. The highest BCUT2D eigenvalue weighted by atomic mass is 16.5. The molecule has 0 aromatic heterocycles. The van der Waals surface area contributed by atoms with Crippen molar-refractivity contribution in [1.29, 1.82) is 0 Å². The van der Waals surface area contributed by atoms with Gasteiger partial charge in [0.1, 0.15) is 5.75 Å². The molecule has 1 rings (SSSR count). The van der Waals surface area contributed by atoms with E-state index in [0.717, 1.165) is 11.4 Å². The van der Waals surface area contributed by atoms with E-state index >= 15 is 0 Å². The molecule has 0 unspecified atom stereocenters. The quantitative estimate of drug-likeness (QED) is 0.714. The number of rotatable bonds is 4. The third-order valence-corrected chi connectivity index (χ3v) is 1.84. The van der Waals surface area contributed by atoms with E-state index in [2.05, 4.69) is 18.8 Å². The largest absolute Gasteiger partial charge is 0.497 e. The topological polar surface area (TPSA) is 21.3 Å². The van der Waals surface area contributed by atoms with Crippen LogP contribution in [0.15, 0.2) is 36.9 Å². The molecule has 0 fully saturated rings. The van der Waals surface area contributed by atoms with Crippen LogP contribution in [0.3, 0.4) is 0 Å². The van der Waals surface area contributed by atoms with Crippen molar-refractivity contribution in [1.82, 2.24) is 0 Å². The smallest absolute Gasteiger partial charge is 0.119 e. The number of nitrogens with one attached hydrogen (secondary N) is 1. The van der Waals surface area contributed by atoms with E-state index in [1.165, 1.54) is 0 Å². The molecule has 1 N–H and O–H groups in total. The zero-order chi connectivity index (χ0) is 9.68. The van der Waals surface area contributed by atoms with Gasteiger partial charge in [0.05, 0.1) is 7.11 Å². The van der Waals surface area contributed by atoms with Crippen LogP contribution < -0.4 is 10.1 Å². The van der Waals surface area contributed by atoms with Gasteiger partial charge in [-0.3, -0.25) is 0 Å². The highest BCUT2D eigenvalue weighted by Gasteiger charge is 1.96. The minimum atomic E-state index is 0.286. The van der Waals surface area contributed by atoms with E-state index in [1.54, 1.807) is 7.11 Å². The summed E-state index contributed by atoms with van der Waals surface area (Å²) in [6.07, 6.45) is 1.87. The molecule has 13 heavy (non-hydrogen) atoms. The van der Waals surface area contributed by atoms with Crippen LogP contribution >= 0.6 is 0 Å². The van der Waals surface area contributed by atoms with Crippen LogP contribution in [0.5, 0.6) is 5.75 Å². The summed E-state index contributed by atoms with van der Waals surface area (Å²) in [4.78, 5) is 0. The van der Waals surface area contributed by atoms with Crippen LogP contribution in [-0.4, -0.2) is 13.2 Å². The molecular weight excluding hydrogens is 162 g/mol. The van der Waals surface area contributed by atoms with E-state index < -0.39 is 0 Å². The van der Waals surface area contributed by atoms with Gasteiger partial charge >= 0.3 is 0 Å². The summed E-state index contributed by atoms with van der Waals surface area (Å²) >= 11 is 0. The van der Waals surface area contributed by atoms with Crippen LogP contribution in [-0.2, 0) is 0 Å². The Bertz CT molecular complexity index is 266. The van der Waals surface area contributed by atoms with Crippen LogP contribution in [0.4, 0.5) is 5.69 Å². The van der Waals surface area contributed by atoms with Crippen LogP contribution in [0.2, 0.25) is 0 Å². The third kappa shape index (κ3) is 2.82. The summed E-state index contributed by atoms with van der Waals surface area (Å²) in [5.41, 5.74) is 1.08. The predicted octanol–water partition coefficient (Wildman–Crippen LogP) is 2.68. The van der Waals surface area contributed by atoms with Crippen LogP contribution in [0, 0.1) is 0 Å². The van der Waals surface area contributed by atoms with Crippen molar-refractivity contribution in [2.75, 3.05) is 12.4 Å². The average Bonchev–Trinajstić information content (AvgIpc) is 2.19. The lowest BCUT2D eigenvalue weighted by atomic mass is 10.2. The van der Waals surface area contributed by atoms with E-state index in [1.807, 2.05) is 30.3 Å². The van der Waals surface area contributed by atoms with Crippen LogP contribution in [0.1, 0.15) is 6.92 Å². The summed E-state index contributed by atoms with van der Waals surface area (Å²) in [6, 6.07) is 8.11. The van der Waals surface area contributed by atoms with E-state index in [-0.39, 0.29) is 6.04 Å². The zero-order valence-electron chi connectivity index (χ0n) is 8.08. The first-order chi connectivity index (χ1) is 6.26. The van der Waals surface area contributed by atoms with Gasteiger partial charge in [-0.2, -0.15) is 0 Å². The average molecular weight is 177 g/mol. The van der Waals surface area contributed by atoms with Crippen molar-refractivity contribution in [3.63, 3.8) is 0 Å². The van der Waals surface area contributed by atoms with Gasteiger partial charge in [-0.15, -0.1) is 6.58 Å². The number of methoxy groups -OCH3 is 1. The standard InChI is InChI=1S/C11H15NO/c1-4-9(2)12-10-5-7-11(13-3)8-6-10/h4-9,12H,1H2,2-3H3/t9-/m1/s1. The molecular formula is C11H15NO. The monoisotopic (exact) mass is 177 g/mol. The predicted molar refractivity (Wildman–Crippen MR) is 56.3 cm³/mol. The van der Waals surface area contributed by atoms with Gasteiger partial charge in [-0.1, -0.05) is 6.08 Å². The van der Waals surface area contributed by atoms with Gasteiger partial charge in [0.25, 0.3) is 0 Å². The molecule has 0 bridgehead atoms. The summed E-state index contributed by atoms with van der Waals surface area (Å²) < 4.78 is 5.05. The molecule has 0 saturated heterocycles. The molecule has 0 heterocycles. The second kappa shape index (κ2) is 4.55. The van der Waals surface area contributed by atoms with Crippen molar-refractivity contribution >= 4 is 5.69 Å².